The molecule has 0 fully saturated rings. The molecule has 0 aromatic carbocycles. The van der Waals surface area contributed by atoms with Crippen LogP contribution in [0.2, 0.25) is 0 Å². The summed E-state index contributed by atoms with van der Waals surface area (Å²) in [4.78, 5) is 33.7. The van der Waals surface area contributed by atoms with Crippen molar-refractivity contribution in [2.45, 2.75) is 64.9 Å². The molecule has 0 bridgehead atoms. The molecule has 0 aliphatic carbocycles. The lowest BCUT2D eigenvalue weighted by Gasteiger charge is -2.15. The fourth-order valence-electron chi connectivity index (χ4n) is 1.55. The molecular weight excluding hydrogens is 264 g/mol. The average Bonchev–Trinajstić information content (AvgIpc) is 2.37. The van der Waals surface area contributed by atoms with Crippen molar-refractivity contribution in [1.82, 2.24) is 0 Å². The van der Waals surface area contributed by atoms with Gasteiger partial charge in [-0.15, -0.1) is 0 Å². The van der Waals surface area contributed by atoms with Gasteiger partial charge in [-0.05, 0) is 12.8 Å². The van der Waals surface area contributed by atoms with Crippen molar-refractivity contribution in [3.63, 3.8) is 0 Å². The highest BCUT2D eigenvalue weighted by Gasteiger charge is 2.27. The Kier molecular flexibility index (Phi) is 10.4. The SMILES string of the molecule is CCCCCCOC(=O)[C@H](CC(=O)O)OC(=O)CCC. The molecular formula is C14H24O6. The molecule has 0 amide bonds. The van der Waals surface area contributed by atoms with Gasteiger partial charge in [-0.2, -0.15) is 0 Å². The molecule has 20 heavy (non-hydrogen) atoms. The summed E-state index contributed by atoms with van der Waals surface area (Å²) in [5.41, 5.74) is 0. The van der Waals surface area contributed by atoms with Crippen molar-refractivity contribution in [1.29, 1.82) is 0 Å². The van der Waals surface area contributed by atoms with Crippen molar-refractivity contribution < 1.29 is 29.0 Å². The Morgan fingerprint density at radius 1 is 1.05 bits per heavy atom. The average molecular weight is 288 g/mol. The fraction of sp³-hybridized carbons (Fsp3) is 0.786. The van der Waals surface area contributed by atoms with E-state index < -0.39 is 30.4 Å². The van der Waals surface area contributed by atoms with Gasteiger partial charge < -0.3 is 14.6 Å². The van der Waals surface area contributed by atoms with Crippen molar-refractivity contribution in [2.75, 3.05) is 6.61 Å². The van der Waals surface area contributed by atoms with Crippen LogP contribution in [0.15, 0.2) is 0 Å². The van der Waals surface area contributed by atoms with E-state index in [-0.39, 0.29) is 13.0 Å². The zero-order valence-electron chi connectivity index (χ0n) is 12.2. The Morgan fingerprint density at radius 2 is 1.75 bits per heavy atom. The number of rotatable bonds is 11. The number of carbonyl (C=O) groups is 3. The molecule has 0 heterocycles. The van der Waals surface area contributed by atoms with Crippen LogP contribution in [0.4, 0.5) is 0 Å². The van der Waals surface area contributed by atoms with Gasteiger partial charge >= 0.3 is 17.9 Å². The van der Waals surface area contributed by atoms with Gasteiger partial charge in [-0.3, -0.25) is 9.59 Å². The molecule has 116 valence electrons. The predicted molar refractivity (Wildman–Crippen MR) is 72.1 cm³/mol. The number of unbranched alkanes of at least 4 members (excludes halogenated alkanes) is 3. The molecule has 0 spiro atoms. The highest BCUT2D eigenvalue weighted by atomic mass is 16.6. The van der Waals surface area contributed by atoms with Crippen LogP contribution in [0.5, 0.6) is 0 Å². The van der Waals surface area contributed by atoms with E-state index in [4.69, 9.17) is 14.6 Å². The zero-order valence-corrected chi connectivity index (χ0v) is 12.2. The predicted octanol–water partition coefficient (Wildman–Crippen LogP) is 2.30. The summed E-state index contributed by atoms with van der Waals surface area (Å²) in [6, 6.07) is 0. The third-order valence-electron chi connectivity index (χ3n) is 2.59. The Hall–Kier alpha value is -1.59. The molecule has 0 aliphatic rings. The molecule has 0 aliphatic heterocycles. The second-order valence-corrected chi connectivity index (χ2v) is 4.55. The van der Waals surface area contributed by atoms with E-state index in [1.807, 2.05) is 0 Å². The molecule has 0 aromatic rings. The Morgan fingerprint density at radius 3 is 2.30 bits per heavy atom. The van der Waals surface area contributed by atoms with Crippen molar-refractivity contribution in [3.05, 3.63) is 0 Å². The summed E-state index contributed by atoms with van der Waals surface area (Å²) in [5.74, 6) is -2.57. The van der Waals surface area contributed by atoms with Gasteiger partial charge in [0.1, 0.15) is 0 Å². The first-order chi connectivity index (χ1) is 9.51. The lowest BCUT2D eigenvalue weighted by atomic mass is 10.2. The molecule has 6 heteroatoms. The summed E-state index contributed by atoms with van der Waals surface area (Å²) in [6.07, 6.45) is 2.61. The minimum absolute atomic E-state index is 0.153. The summed E-state index contributed by atoms with van der Waals surface area (Å²) in [7, 11) is 0. The van der Waals surface area contributed by atoms with Crippen LogP contribution in [-0.2, 0) is 23.9 Å². The first kappa shape index (κ1) is 18.4. The number of carboxylic acid groups (broad SMARTS) is 1. The second-order valence-electron chi connectivity index (χ2n) is 4.55. The van der Waals surface area contributed by atoms with E-state index in [0.29, 0.717) is 6.42 Å². The third kappa shape index (κ3) is 9.35. The van der Waals surface area contributed by atoms with Gasteiger partial charge in [0.15, 0.2) is 0 Å². The molecule has 1 atom stereocenters. The first-order valence-corrected chi connectivity index (χ1v) is 7.09. The van der Waals surface area contributed by atoms with Crippen LogP contribution in [0.3, 0.4) is 0 Å². The minimum Gasteiger partial charge on any atom is -0.481 e. The molecule has 1 N–H and O–H groups in total. The number of esters is 2. The van der Waals surface area contributed by atoms with Gasteiger partial charge in [0.2, 0.25) is 6.10 Å². The smallest absolute Gasteiger partial charge is 0.348 e. The van der Waals surface area contributed by atoms with Gasteiger partial charge in [0.05, 0.1) is 13.0 Å². The standard InChI is InChI=1S/C14H24O6/c1-3-5-6-7-9-19-14(18)11(10-12(15)16)20-13(17)8-4-2/h11H,3-10H2,1-2H3,(H,15,16)/t11-/m0/s1. The largest absolute Gasteiger partial charge is 0.481 e. The monoisotopic (exact) mass is 288 g/mol. The molecule has 0 saturated heterocycles. The van der Waals surface area contributed by atoms with Gasteiger partial charge in [-0.25, -0.2) is 4.79 Å². The molecule has 0 aromatic heterocycles. The van der Waals surface area contributed by atoms with E-state index in [1.54, 1.807) is 6.92 Å². The number of hydrogen-bond donors (Lipinski definition) is 1. The number of carboxylic acids is 1. The summed E-state index contributed by atoms with van der Waals surface area (Å²) >= 11 is 0. The van der Waals surface area contributed by atoms with Gasteiger partial charge in [-0.1, -0.05) is 33.1 Å². The number of carbonyl (C=O) groups excluding carboxylic acids is 2. The van der Waals surface area contributed by atoms with E-state index in [1.165, 1.54) is 0 Å². The minimum atomic E-state index is -1.35. The number of aliphatic carboxylic acids is 1. The van der Waals surface area contributed by atoms with Crippen LogP contribution in [0.25, 0.3) is 0 Å². The maximum Gasteiger partial charge on any atom is 0.348 e. The Bertz CT molecular complexity index is 313. The van der Waals surface area contributed by atoms with Gasteiger partial charge in [0, 0.05) is 6.42 Å². The Balaban J connectivity index is 4.20. The van der Waals surface area contributed by atoms with Crippen LogP contribution < -0.4 is 0 Å². The number of ether oxygens (including phenoxy) is 2. The van der Waals surface area contributed by atoms with Crippen LogP contribution in [0.1, 0.15) is 58.8 Å². The highest BCUT2D eigenvalue weighted by Crippen LogP contribution is 2.07. The maximum absolute atomic E-state index is 11.7. The third-order valence-corrected chi connectivity index (χ3v) is 2.59. The topological polar surface area (TPSA) is 89.9 Å². The van der Waals surface area contributed by atoms with E-state index in [2.05, 4.69) is 6.92 Å². The maximum atomic E-state index is 11.7. The highest BCUT2D eigenvalue weighted by molar-refractivity contribution is 5.83. The quantitative estimate of drug-likeness (QED) is 0.463. The molecule has 0 unspecified atom stereocenters. The van der Waals surface area contributed by atoms with Crippen molar-refractivity contribution in [3.8, 4) is 0 Å². The Labute approximate surface area is 119 Å². The summed E-state index contributed by atoms with van der Waals surface area (Å²) in [6.45, 7) is 4.09. The van der Waals surface area contributed by atoms with E-state index in [9.17, 15) is 14.4 Å². The normalized spacial score (nSPS) is 11.7. The fourth-order valence-corrected chi connectivity index (χ4v) is 1.55. The molecule has 0 saturated carbocycles. The lowest BCUT2D eigenvalue weighted by Crippen LogP contribution is -2.31. The second kappa shape index (κ2) is 11.3. The number of hydrogen-bond acceptors (Lipinski definition) is 5. The van der Waals surface area contributed by atoms with Crippen LogP contribution in [-0.4, -0.2) is 35.7 Å². The lowest BCUT2D eigenvalue weighted by molar-refractivity contribution is -0.171. The first-order valence-electron chi connectivity index (χ1n) is 7.09. The van der Waals surface area contributed by atoms with Crippen LogP contribution in [0, 0.1) is 0 Å². The molecule has 0 radical (unpaired) electrons. The van der Waals surface area contributed by atoms with Gasteiger partial charge in [0.25, 0.3) is 0 Å². The van der Waals surface area contributed by atoms with E-state index >= 15 is 0 Å². The molecule has 0 rings (SSSR count). The van der Waals surface area contributed by atoms with E-state index in [0.717, 1.165) is 25.7 Å². The summed E-state index contributed by atoms with van der Waals surface area (Å²) < 4.78 is 9.80. The van der Waals surface area contributed by atoms with Crippen molar-refractivity contribution >= 4 is 17.9 Å². The zero-order chi connectivity index (χ0) is 15.4. The summed E-state index contributed by atoms with van der Waals surface area (Å²) in [5, 5.41) is 8.72. The van der Waals surface area contributed by atoms with Crippen LogP contribution >= 0.6 is 0 Å². The van der Waals surface area contributed by atoms with Crippen molar-refractivity contribution in [2.24, 2.45) is 0 Å². The molecule has 6 nitrogen and oxygen atoms in total.